The van der Waals surface area contributed by atoms with Crippen LogP contribution < -0.4 is 10.2 Å². The van der Waals surface area contributed by atoms with Gasteiger partial charge in [-0.3, -0.25) is 0 Å². The van der Waals surface area contributed by atoms with Gasteiger partial charge in [-0.2, -0.15) is 10.4 Å². The van der Waals surface area contributed by atoms with Crippen LogP contribution in [0.15, 0.2) is 30.5 Å². The van der Waals surface area contributed by atoms with E-state index in [1.807, 2.05) is 32.2 Å². The highest BCUT2D eigenvalue weighted by Gasteiger charge is 2.25. The number of pyridine rings is 1. The first-order valence-electron chi connectivity index (χ1n) is 10.7. The Morgan fingerprint density at radius 2 is 2.06 bits per heavy atom. The van der Waals surface area contributed by atoms with Gasteiger partial charge < -0.3 is 15.1 Å². The zero-order valence-corrected chi connectivity index (χ0v) is 18.8. The molecule has 0 aliphatic carbocycles. The highest BCUT2D eigenvalue weighted by atomic mass is 15.3. The fraction of sp³-hybridized carbons (Fsp3) is 0.417. The number of aromatic nitrogens is 3. The van der Waals surface area contributed by atoms with Crippen molar-refractivity contribution in [2.24, 2.45) is 0 Å². The Hall–Kier alpha value is -3.24. The molecule has 0 spiro atoms. The van der Waals surface area contributed by atoms with Crippen LogP contribution in [0.25, 0.3) is 10.8 Å². The first-order valence-corrected chi connectivity index (χ1v) is 10.7. The van der Waals surface area contributed by atoms with E-state index in [0.29, 0.717) is 11.6 Å². The summed E-state index contributed by atoms with van der Waals surface area (Å²) in [7, 11) is 4.28. The van der Waals surface area contributed by atoms with Gasteiger partial charge in [0.05, 0.1) is 23.4 Å². The molecule has 0 amide bonds. The predicted molar refractivity (Wildman–Crippen MR) is 124 cm³/mol. The molecule has 4 rings (SSSR count). The fourth-order valence-corrected chi connectivity index (χ4v) is 4.40. The van der Waals surface area contributed by atoms with Crippen LogP contribution in [0, 0.1) is 25.2 Å². The highest BCUT2D eigenvalue weighted by molar-refractivity contribution is 5.94. The van der Waals surface area contributed by atoms with Crippen LogP contribution in [0.3, 0.4) is 0 Å². The molecule has 31 heavy (non-hydrogen) atoms. The first-order chi connectivity index (χ1) is 14.9. The van der Waals surface area contributed by atoms with Gasteiger partial charge in [0.1, 0.15) is 5.82 Å². The smallest absolute Gasteiger partial charge is 0.157 e. The van der Waals surface area contributed by atoms with Crippen LogP contribution in [0.2, 0.25) is 0 Å². The number of rotatable bonds is 5. The van der Waals surface area contributed by atoms with Gasteiger partial charge in [0, 0.05) is 36.6 Å². The van der Waals surface area contributed by atoms with Crippen LogP contribution in [0.5, 0.6) is 0 Å². The highest BCUT2D eigenvalue weighted by Crippen LogP contribution is 2.30. The summed E-state index contributed by atoms with van der Waals surface area (Å²) in [5.41, 5.74) is 3.62. The Kier molecular flexibility index (Phi) is 5.75. The van der Waals surface area contributed by atoms with Crippen molar-refractivity contribution in [1.82, 2.24) is 20.1 Å². The van der Waals surface area contributed by atoms with Crippen LogP contribution in [0.4, 0.5) is 11.6 Å². The van der Waals surface area contributed by atoms with Crippen LogP contribution >= 0.6 is 0 Å². The lowest BCUT2D eigenvalue weighted by Gasteiger charge is -2.26. The Morgan fingerprint density at radius 1 is 1.26 bits per heavy atom. The molecular weight excluding hydrogens is 386 g/mol. The van der Waals surface area contributed by atoms with E-state index in [0.717, 1.165) is 58.7 Å². The second-order valence-electron chi connectivity index (χ2n) is 8.54. The molecule has 0 bridgehead atoms. The number of hydrogen-bond donors (Lipinski definition) is 1. The van der Waals surface area contributed by atoms with Crippen molar-refractivity contribution < 1.29 is 0 Å². The minimum absolute atomic E-state index is 0.0219. The molecule has 7 nitrogen and oxygen atoms in total. The average molecular weight is 416 g/mol. The quantitative estimate of drug-likeness (QED) is 0.678. The van der Waals surface area contributed by atoms with Crippen molar-refractivity contribution in [3.63, 3.8) is 0 Å². The second kappa shape index (κ2) is 8.48. The van der Waals surface area contributed by atoms with Gasteiger partial charge in [-0.1, -0.05) is 12.1 Å². The van der Waals surface area contributed by atoms with E-state index in [1.54, 1.807) is 0 Å². The third-order valence-electron chi connectivity index (χ3n) is 6.43. The zero-order chi connectivity index (χ0) is 22.1. The van der Waals surface area contributed by atoms with Crippen molar-refractivity contribution in [1.29, 1.82) is 5.26 Å². The van der Waals surface area contributed by atoms with Gasteiger partial charge in [0.25, 0.3) is 0 Å². The van der Waals surface area contributed by atoms with Crippen LogP contribution in [0.1, 0.15) is 41.8 Å². The number of nitriles is 1. The number of anilines is 2. The van der Waals surface area contributed by atoms with Gasteiger partial charge in [0.2, 0.25) is 0 Å². The summed E-state index contributed by atoms with van der Waals surface area (Å²) in [5.74, 6) is 1.68. The van der Waals surface area contributed by atoms with Gasteiger partial charge in [-0.25, -0.2) is 4.98 Å². The zero-order valence-electron chi connectivity index (χ0n) is 18.8. The molecule has 1 N–H and O–H groups in total. The molecule has 2 atom stereocenters. The van der Waals surface area contributed by atoms with Gasteiger partial charge in [-0.05, 0) is 64.0 Å². The number of likely N-dealkylation sites (N-methyl/N-ethyl adjacent to an activating group) is 2. The molecule has 2 aromatic heterocycles. The molecule has 3 aromatic rings. The number of nitrogens with zero attached hydrogens (tertiary/aromatic N) is 6. The van der Waals surface area contributed by atoms with Gasteiger partial charge >= 0.3 is 0 Å². The number of fused-ring (bicyclic) bond motifs is 1. The standard InChI is InChI=1S/C24H29N7/c1-15-18(12-25)7-6-8-20(15)16(2)27-24-21-11-23(26-13-22(21)17(3)28-29-24)31(5)19-9-10-30(4)14-19/h6-8,11,13,16,19H,9-10,14H2,1-5H3,(H,27,29)/t16-,19-/m1/s1. The number of likely N-dealkylation sites (tertiary alicyclic amines) is 1. The maximum absolute atomic E-state index is 9.37. The SMILES string of the molecule is Cc1c(C#N)cccc1[C@@H](C)Nc1nnc(C)c2cnc(N(C)[C@@H]3CCN(C)C3)cc12. The maximum Gasteiger partial charge on any atom is 0.157 e. The van der Waals surface area contributed by atoms with Gasteiger partial charge in [0.15, 0.2) is 5.82 Å². The van der Waals surface area contributed by atoms with Crippen molar-refractivity contribution in [3.8, 4) is 6.07 Å². The largest absolute Gasteiger partial charge is 0.362 e. The number of benzene rings is 1. The minimum atomic E-state index is -0.0219. The Bertz CT molecular complexity index is 1150. The van der Waals surface area contributed by atoms with Crippen LogP contribution in [-0.4, -0.2) is 53.3 Å². The lowest BCUT2D eigenvalue weighted by atomic mass is 9.98. The fourth-order valence-electron chi connectivity index (χ4n) is 4.40. The summed E-state index contributed by atoms with van der Waals surface area (Å²) >= 11 is 0. The summed E-state index contributed by atoms with van der Waals surface area (Å²) < 4.78 is 0. The van der Waals surface area contributed by atoms with E-state index >= 15 is 0 Å². The lowest BCUT2D eigenvalue weighted by molar-refractivity contribution is 0.409. The van der Waals surface area contributed by atoms with E-state index in [1.165, 1.54) is 0 Å². The van der Waals surface area contributed by atoms with Crippen LogP contribution in [-0.2, 0) is 0 Å². The minimum Gasteiger partial charge on any atom is -0.362 e. The third kappa shape index (κ3) is 4.04. The molecule has 1 aliphatic heterocycles. The molecule has 1 fully saturated rings. The van der Waals surface area contributed by atoms with E-state index in [4.69, 9.17) is 4.98 Å². The van der Waals surface area contributed by atoms with Crippen molar-refractivity contribution in [2.45, 2.75) is 39.3 Å². The molecule has 0 unspecified atom stereocenters. The normalized spacial score (nSPS) is 17.5. The molecule has 1 saturated heterocycles. The molecule has 3 heterocycles. The third-order valence-corrected chi connectivity index (χ3v) is 6.43. The summed E-state index contributed by atoms with van der Waals surface area (Å²) in [5, 5.41) is 23.7. The molecule has 160 valence electrons. The number of nitrogens with one attached hydrogen (secondary N) is 1. The molecule has 1 aliphatic rings. The maximum atomic E-state index is 9.37. The summed E-state index contributed by atoms with van der Waals surface area (Å²) in [6.45, 7) is 8.18. The van der Waals surface area contributed by atoms with E-state index < -0.39 is 0 Å². The molecule has 7 heteroatoms. The number of hydrogen-bond acceptors (Lipinski definition) is 7. The Balaban J connectivity index is 1.69. The van der Waals surface area contributed by atoms with E-state index in [2.05, 4.69) is 64.5 Å². The van der Waals surface area contributed by atoms with Crippen molar-refractivity contribution in [3.05, 3.63) is 52.8 Å². The molecular formula is C24H29N7. The van der Waals surface area contributed by atoms with E-state index in [-0.39, 0.29) is 6.04 Å². The molecule has 0 saturated carbocycles. The van der Waals surface area contributed by atoms with Crippen molar-refractivity contribution >= 4 is 22.4 Å². The monoisotopic (exact) mass is 415 g/mol. The first kappa shape index (κ1) is 21.0. The summed E-state index contributed by atoms with van der Waals surface area (Å²) in [6, 6.07) is 10.6. The Labute approximate surface area is 183 Å². The second-order valence-corrected chi connectivity index (χ2v) is 8.54. The summed E-state index contributed by atoms with van der Waals surface area (Å²) in [6.07, 6.45) is 3.04. The average Bonchev–Trinajstić information content (AvgIpc) is 3.21. The lowest BCUT2D eigenvalue weighted by Crippen LogP contribution is -2.34. The van der Waals surface area contributed by atoms with Crippen molar-refractivity contribution in [2.75, 3.05) is 37.4 Å². The topological polar surface area (TPSA) is 81.0 Å². The molecule has 0 radical (unpaired) electrons. The van der Waals surface area contributed by atoms with E-state index in [9.17, 15) is 5.26 Å². The number of aryl methyl sites for hydroxylation is 1. The summed E-state index contributed by atoms with van der Waals surface area (Å²) in [4.78, 5) is 9.35. The van der Waals surface area contributed by atoms with Gasteiger partial charge in [-0.15, -0.1) is 5.10 Å². The molecule has 1 aromatic carbocycles. The Morgan fingerprint density at radius 3 is 2.77 bits per heavy atom. The predicted octanol–water partition coefficient (Wildman–Crippen LogP) is 3.83.